The van der Waals surface area contributed by atoms with Crippen molar-refractivity contribution >= 4 is 34.8 Å². The van der Waals surface area contributed by atoms with Crippen LogP contribution in [0, 0.1) is 5.82 Å². The number of hydrogen-bond donors (Lipinski definition) is 1. The lowest BCUT2D eigenvalue weighted by Gasteiger charge is -2.43. The Morgan fingerprint density at radius 1 is 1.06 bits per heavy atom. The molecule has 2 aliphatic rings. The highest BCUT2D eigenvalue weighted by Gasteiger charge is 2.43. The van der Waals surface area contributed by atoms with Crippen LogP contribution in [-0.4, -0.2) is 59.9 Å². The maximum Gasteiger partial charge on any atom is 0.250 e. The first-order valence-corrected chi connectivity index (χ1v) is 10.8. The summed E-state index contributed by atoms with van der Waals surface area (Å²) >= 11 is 6.15. The van der Waals surface area contributed by atoms with Gasteiger partial charge in [0.1, 0.15) is 11.4 Å². The van der Waals surface area contributed by atoms with Crippen LogP contribution < -0.4 is 10.2 Å². The van der Waals surface area contributed by atoms with Gasteiger partial charge >= 0.3 is 0 Å². The molecule has 1 saturated heterocycles. The molecular formula is C23H26ClFN4O2. The van der Waals surface area contributed by atoms with E-state index < -0.39 is 5.54 Å². The number of nitrogens with zero attached hydrogens (tertiary/aromatic N) is 3. The van der Waals surface area contributed by atoms with E-state index >= 15 is 0 Å². The van der Waals surface area contributed by atoms with Crippen LogP contribution in [0.5, 0.6) is 0 Å². The van der Waals surface area contributed by atoms with Gasteiger partial charge in [0.25, 0.3) is 0 Å². The molecule has 4 rings (SSSR count). The molecule has 8 heteroatoms. The number of piperazine rings is 1. The Bertz CT molecular complexity index is 985. The standard InChI is InChI=1S/C23H26ClFN4O2/c1-23(2)22(31)26-19-8-3-4-9-20(19)29(23)21(30)15-28-12-10-27(11-13-28)14-16-17(24)6-5-7-18(16)25/h3-9H,10-15H2,1-2H3,(H,26,31). The number of carbonyl (C=O) groups excluding carboxylic acids is 2. The molecule has 0 radical (unpaired) electrons. The Kier molecular flexibility index (Phi) is 6.01. The maximum atomic E-state index is 14.1. The largest absolute Gasteiger partial charge is 0.322 e. The van der Waals surface area contributed by atoms with Crippen LogP contribution in [0.1, 0.15) is 19.4 Å². The Balaban J connectivity index is 1.41. The number of fused-ring (bicyclic) bond motifs is 1. The van der Waals surface area contributed by atoms with Gasteiger partial charge in [0.05, 0.1) is 17.9 Å². The van der Waals surface area contributed by atoms with Crippen LogP contribution in [0.3, 0.4) is 0 Å². The van der Waals surface area contributed by atoms with Crippen LogP contribution in [0.2, 0.25) is 5.02 Å². The van der Waals surface area contributed by atoms with Crippen LogP contribution in [0.4, 0.5) is 15.8 Å². The third-order valence-electron chi connectivity index (χ3n) is 6.02. The van der Waals surface area contributed by atoms with E-state index in [1.54, 1.807) is 36.9 Å². The predicted octanol–water partition coefficient (Wildman–Crippen LogP) is 3.36. The summed E-state index contributed by atoms with van der Waals surface area (Å²) in [5.41, 5.74) is 0.887. The van der Waals surface area contributed by atoms with Crippen molar-refractivity contribution in [3.05, 3.63) is 58.9 Å². The number of benzene rings is 2. The molecule has 2 aromatic carbocycles. The quantitative estimate of drug-likeness (QED) is 0.785. The Labute approximate surface area is 186 Å². The summed E-state index contributed by atoms with van der Waals surface area (Å²) < 4.78 is 14.1. The van der Waals surface area contributed by atoms with Gasteiger partial charge in [-0.25, -0.2) is 4.39 Å². The zero-order valence-corrected chi connectivity index (χ0v) is 18.5. The van der Waals surface area contributed by atoms with Gasteiger partial charge in [0, 0.05) is 43.3 Å². The lowest BCUT2D eigenvalue weighted by molar-refractivity contribution is -0.127. The van der Waals surface area contributed by atoms with E-state index in [1.807, 2.05) is 18.2 Å². The van der Waals surface area contributed by atoms with Crippen molar-refractivity contribution in [1.29, 1.82) is 0 Å². The third-order valence-corrected chi connectivity index (χ3v) is 6.38. The van der Waals surface area contributed by atoms with Gasteiger partial charge in [-0.3, -0.25) is 24.3 Å². The molecule has 0 unspecified atom stereocenters. The van der Waals surface area contributed by atoms with Crippen LogP contribution >= 0.6 is 11.6 Å². The molecule has 0 bridgehead atoms. The van der Waals surface area contributed by atoms with E-state index in [4.69, 9.17) is 11.6 Å². The maximum absolute atomic E-state index is 14.1. The summed E-state index contributed by atoms with van der Waals surface area (Å²) in [6.45, 7) is 6.95. The van der Waals surface area contributed by atoms with Gasteiger partial charge in [-0.05, 0) is 38.1 Å². The summed E-state index contributed by atoms with van der Waals surface area (Å²) in [5.74, 6) is -0.613. The molecule has 0 saturated carbocycles. The monoisotopic (exact) mass is 444 g/mol. The highest BCUT2D eigenvalue weighted by atomic mass is 35.5. The molecule has 2 aliphatic heterocycles. The number of anilines is 2. The zero-order chi connectivity index (χ0) is 22.2. The van der Waals surface area contributed by atoms with Crippen molar-refractivity contribution in [2.45, 2.75) is 25.9 Å². The smallest absolute Gasteiger partial charge is 0.250 e. The van der Waals surface area contributed by atoms with Crippen molar-refractivity contribution in [2.24, 2.45) is 0 Å². The van der Waals surface area contributed by atoms with Crippen molar-refractivity contribution in [3.8, 4) is 0 Å². The van der Waals surface area contributed by atoms with Gasteiger partial charge in [-0.1, -0.05) is 29.8 Å². The van der Waals surface area contributed by atoms with Gasteiger partial charge in [-0.15, -0.1) is 0 Å². The van der Waals surface area contributed by atoms with Crippen LogP contribution in [0.15, 0.2) is 42.5 Å². The molecule has 0 atom stereocenters. The first-order valence-electron chi connectivity index (χ1n) is 10.4. The Hall–Kier alpha value is -2.48. The highest BCUT2D eigenvalue weighted by molar-refractivity contribution is 6.31. The number of rotatable bonds is 4. The van der Waals surface area contributed by atoms with Crippen molar-refractivity contribution in [2.75, 3.05) is 42.9 Å². The molecule has 0 aliphatic carbocycles. The molecular weight excluding hydrogens is 419 g/mol. The van der Waals surface area contributed by atoms with E-state index in [9.17, 15) is 14.0 Å². The van der Waals surface area contributed by atoms with E-state index in [1.165, 1.54) is 6.07 Å². The summed E-state index contributed by atoms with van der Waals surface area (Å²) in [6.07, 6.45) is 0. The molecule has 0 aromatic heterocycles. The molecule has 2 heterocycles. The SMILES string of the molecule is CC1(C)C(=O)Nc2ccccc2N1C(=O)CN1CCN(Cc2c(F)cccc2Cl)CC1. The van der Waals surface area contributed by atoms with Crippen molar-refractivity contribution in [1.82, 2.24) is 9.80 Å². The summed E-state index contributed by atoms with van der Waals surface area (Å²) in [7, 11) is 0. The van der Waals surface area contributed by atoms with Gasteiger partial charge in [0.2, 0.25) is 11.8 Å². The fourth-order valence-electron chi connectivity index (χ4n) is 4.17. The zero-order valence-electron chi connectivity index (χ0n) is 17.7. The second kappa shape index (κ2) is 8.57. The fraction of sp³-hybridized carbons (Fsp3) is 0.391. The average Bonchev–Trinajstić information content (AvgIpc) is 2.72. The number of carbonyl (C=O) groups is 2. The number of para-hydroxylation sites is 2. The summed E-state index contributed by atoms with van der Waals surface area (Å²) in [6, 6.07) is 12.1. The Morgan fingerprint density at radius 2 is 1.74 bits per heavy atom. The van der Waals surface area contributed by atoms with Crippen molar-refractivity contribution < 1.29 is 14.0 Å². The van der Waals surface area contributed by atoms with Crippen molar-refractivity contribution in [3.63, 3.8) is 0 Å². The summed E-state index contributed by atoms with van der Waals surface area (Å²) in [5, 5.41) is 3.31. The molecule has 6 nitrogen and oxygen atoms in total. The fourth-order valence-corrected chi connectivity index (χ4v) is 4.40. The lowest BCUT2D eigenvalue weighted by atomic mass is 9.96. The molecule has 2 amide bonds. The number of halogens is 2. The van der Waals surface area contributed by atoms with Gasteiger partial charge < -0.3 is 5.32 Å². The minimum atomic E-state index is -0.977. The first kappa shape index (κ1) is 21.7. The van der Waals surface area contributed by atoms with Gasteiger partial charge in [-0.2, -0.15) is 0 Å². The van der Waals surface area contributed by atoms with E-state index in [-0.39, 0.29) is 24.2 Å². The number of nitrogens with one attached hydrogen (secondary N) is 1. The van der Waals surface area contributed by atoms with Gasteiger partial charge in [0.15, 0.2) is 0 Å². The third kappa shape index (κ3) is 4.31. The van der Waals surface area contributed by atoms with Crippen LogP contribution in [-0.2, 0) is 16.1 Å². The topological polar surface area (TPSA) is 55.9 Å². The molecule has 0 spiro atoms. The highest BCUT2D eigenvalue weighted by Crippen LogP contribution is 2.36. The minimum absolute atomic E-state index is 0.113. The average molecular weight is 445 g/mol. The first-order chi connectivity index (χ1) is 14.8. The predicted molar refractivity (Wildman–Crippen MR) is 120 cm³/mol. The molecule has 1 fully saturated rings. The molecule has 2 aromatic rings. The van der Waals surface area contributed by atoms with E-state index in [2.05, 4.69) is 15.1 Å². The van der Waals surface area contributed by atoms with E-state index in [0.29, 0.717) is 54.7 Å². The second-order valence-corrected chi connectivity index (χ2v) is 8.92. The number of amides is 2. The minimum Gasteiger partial charge on any atom is -0.322 e. The molecule has 164 valence electrons. The molecule has 1 N–H and O–H groups in total. The number of hydrogen-bond acceptors (Lipinski definition) is 4. The van der Waals surface area contributed by atoms with E-state index in [0.717, 1.165) is 0 Å². The second-order valence-electron chi connectivity index (χ2n) is 8.51. The Morgan fingerprint density at radius 3 is 2.45 bits per heavy atom. The van der Waals surface area contributed by atoms with Crippen LogP contribution in [0.25, 0.3) is 0 Å². The lowest BCUT2D eigenvalue weighted by Crippen LogP contribution is -2.61. The summed E-state index contributed by atoms with van der Waals surface area (Å²) in [4.78, 5) is 31.7. The molecule has 31 heavy (non-hydrogen) atoms. The normalized spacial score (nSPS) is 19.1.